The van der Waals surface area contributed by atoms with E-state index in [1.807, 2.05) is 12.4 Å². The number of para-hydroxylation sites is 1. The van der Waals surface area contributed by atoms with Crippen molar-refractivity contribution in [2.45, 2.75) is 0 Å². The van der Waals surface area contributed by atoms with Crippen molar-refractivity contribution in [3.8, 4) is 17.2 Å². The third-order valence-electron chi connectivity index (χ3n) is 9.60. The molecule has 7 aromatic carbocycles. The van der Waals surface area contributed by atoms with Crippen molar-refractivity contribution in [2.24, 2.45) is 0 Å². The molecule has 48 heavy (non-hydrogen) atoms. The first-order valence-electron chi connectivity index (χ1n) is 16.3. The van der Waals surface area contributed by atoms with Gasteiger partial charge < -0.3 is 4.57 Å². The number of benzene rings is 7. The third kappa shape index (κ3) is 4.31. The third-order valence-corrected chi connectivity index (χ3v) is 13.7. The molecule has 0 saturated carbocycles. The molecule has 0 saturated heterocycles. The van der Waals surface area contributed by atoms with Crippen LogP contribution in [0.2, 0.25) is 0 Å². The van der Waals surface area contributed by atoms with E-state index < -0.39 is 8.07 Å². The van der Waals surface area contributed by atoms with Crippen molar-refractivity contribution in [1.82, 2.24) is 9.55 Å². The molecule has 0 aliphatic rings. The summed E-state index contributed by atoms with van der Waals surface area (Å²) in [6, 6.07) is 61.0. The summed E-state index contributed by atoms with van der Waals surface area (Å²) in [5.74, 6) is 3.90. The van der Waals surface area contributed by atoms with Crippen LogP contribution in [0.1, 0.15) is 5.56 Å². The Morgan fingerprint density at radius 1 is 0.417 bits per heavy atom. The van der Waals surface area contributed by atoms with Crippen molar-refractivity contribution >= 4 is 67.0 Å². The number of hydrogen-bond acceptors (Lipinski definition) is 1. The molecule has 9 aromatic rings. The average molecular weight is 627 g/mol. The molecule has 0 bridgehead atoms. The molecule has 0 aliphatic carbocycles. The number of fused-ring (bicyclic) bond motifs is 5. The zero-order valence-electron chi connectivity index (χ0n) is 26.2. The van der Waals surface area contributed by atoms with E-state index in [0.717, 1.165) is 27.5 Å². The molecule has 0 aliphatic heterocycles. The molecule has 3 heteroatoms. The van der Waals surface area contributed by atoms with Gasteiger partial charge in [-0.2, -0.15) is 0 Å². The van der Waals surface area contributed by atoms with E-state index in [-0.39, 0.29) is 0 Å². The highest BCUT2D eigenvalue weighted by atomic mass is 28.3. The van der Waals surface area contributed by atoms with Gasteiger partial charge in [-0.3, -0.25) is 4.98 Å². The van der Waals surface area contributed by atoms with E-state index in [4.69, 9.17) is 0 Å². The molecule has 0 amide bonds. The fraction of sp³-hybridized carbons (Fsp3) is 0. The van der Waals surface area contributed by atoms with Gasteiger partial charge in [0.25, 0.3) is 0 Å². The summed E-state index contributed by atoms with van der Waals surface area (Å²) in [6.45, 7) is 0. The Bertz CT molecular complexity index is 2460. The normalized spacial score (nSPS) is 11.6. The second-order valence-corrected chi connectivity index (χ2v) is 15.6. The summed E-state index contributed by atoms with van der Waals surface area (Å²) in [5.41, 5.74) is 8.54. The molecule has 0 radical (unpaired) electrons. The van der Waals surface area contributed by atoms with Gasteiger partial charge in [-0.15, -0.1) is 5.54 Å². The number of nitrogens with zero attached hydrogens (tertiary/aromatic N) is 2. The second-order valence-electron chi connectivity index (χ2n) is 12.2. The van der Waals surface area contributed by atoms with Crippen LogP contribution in [-0.4, -0.2) is 17.6 Å². The van der Waals surface area contributed by atoms with Crippen LogP contribution in [0.25, 0.3) is 49.0 Å². The highest BCUT2D eigenvalue weighted by molar-refractivity contribution is 7.16. The Balaban J connectivity index is 1.41. The van der Waals surface area contributed by atoms with Crippen molar-refractivity contribution in [3.05, 3.63) is 188 Å². The predicted octanol–water partition coefficient (Wildman–Crippen LogP) is 8.55. The van der Waals surface area contributed by atoms with E-state index in [0.29, 0.717) is 0 Å². The maximum absolute atomic E-state index is 4.58. The van der Waals surface area contributed by atoms with Crippen LogP contribution < -0.4 is 15.6 Å². The zero-order valence-corrected chi connectivity index (χ0v) is 27.2. The van der Waals surface area contributed by atoms with Crippen LogP contribution >= 0.6 is 0 Å². The highest BCUT2D eigenvalue weighted by Crippen LogP contribution is 2.40. The van der Waals surface area contributed by atoms with E-state index >= 15 is 0 Å². The van der Waals surface area contributed by atoms with E-state index in [2.05, 4.69) is 191 Å². The van der Waals surface area contributed by atoms with Crippen molar-refractivity contribution in [1.29, 1.82) is 0 Å². The monoisotopic (exact) mass is 626 g/mol. The lowest BCUT2D eigenvalue weighted by Gasteiger charge is -2.28. The fourth-order valence-electron chi connectivity index (χ4n) is 7.48. The van der Waals surface area contributed by atoms with Gasteiger partial charge >= 0.3 is 0 Å². The maximum atomic E-state index is 4.58. The smallest absolute Gasteiger partial charge is 0.230 e. The molecule has 0 unspecified atom stereocenters. The van der Waals surface area contributed by atoms with Crippen LogP contribution in [0.3, 0.4) is 0 Å². The lowest BCUT2D eigenvalue weighted by molar-refractivity contribution is 1.19. The summed E-state index contributed by atoms with van der Waals surface area (Å²) in [4.78, 5) is 4.58. The molecule has 0 N–H and O–H groups in total. The SMILES string of the molecule is C(#C[Si](c1ccccc1)(c1ccccc1)c1ccccc1)c1c2ccccc2c(-n2c3ccccc3c3ccncc32)c2ccccc12. The van der Waals surface area contributed by atoms with Gasteiger partial charge in [0, 0.05) is 44.1 Å². The largest absolute Gasteiger partial charge is 0.306 e. The van der Waals surface area contributed by atoms with Gasteiger partial charge in [-0.05, 0) is 27.7 Å². The molecule has 224 valence electrons. The Hall–Kier alpha value is -6.21. The predicted molar refractivity (Wildman–Crippen MR) is 204 cm³/mol. The maximum Gasteiger partial charge on any atom is 0.230 e. The molecule has 0 spiro atoms. The van der Waals surface area contributed by atoms with Gasteiger partial charge in [0.15, 0.2) is 0 Å². The molecule has 0 atom stereocenters. The van der Waals surface area contributed by atoms with Crippen LogP contribution in [0.4, 0.5) is 0 Å². The van der Waals surface area contributed by atoms with Crippen molar-refractivity contribution in [2.75, 3.05) is 0 Å². The molecule has 0 fully saturated rings. The van der Waals surface area contributed by atoms with Crippen molar-refractivity contribution < 1.29 is 0 Å². The molecule has 2 aromatic heterocycles. The van der Waals surface area contributed by atoms with Gasteiger partial charge in [0.05, 0.1) is 22.9 Å². The minimum absolute atomic E-state index is 1.06. The molecular weight excluding hydrogens is 597 g/mol. The Morgan fingerprint density at radius 2 is 0.854 bits per heavy atom. The molecular formula is C45H30N2Si. The Kier molecular flexibility index (Phi) is 6.74. The van der Waals surface area contributed by atoms with Gasteiger partial charge in [0.2, 0.25) is 8.07 Å². The second kappa shape index (κ2) is 11.5. The van der Waals surface area contributed by atoms with Crippen LogP contribution in [-0.2, 0) is 0 Å². The van der Waals surface area contributed by atoms with Crippen LogP contribution in [0.5, 0.6) is 0 Å². The number of hydrogen-bond donors (Lipinski definition) is 0. The summed E-state index contributed by atoms with van der Waals surface area (Å²) in [5, 5.41) is 10.9. The first kappa shape index (κ1) is 28.0. The number of aromatic nitrogens is 2. The van der Waals surface area contributed by atoms with Gasteiger partial charge in [0.1, 0.15) is 0 Å². The first-order chi connectivity index (χ1) is 23.8. The minimum Gasteiger partial charge on any atom is -0.306 e. The van der Waals surface area contributed by atoms with E-state index in [9.17, 15) is 0 Å². The highest BCUT2D eigenvalue weighted by Gasteiger charge is 2.38. The fourth-order valence-corrected chi connectivity index (χ4v) is 11.3. The number of rotatable bonds is 4. The summed E-state index contributed by atoms with van der Waals surface area (Å²) in [6.07, 6.45) is 3.88. The summed E-state index contributed by atoms with van der Waals surface area (Å²) >= 11 is 0. The van der Waals surface area contributed by atoms with Crippen LogP contribution in [0.15, 0.2) is 182 Å². The minimum atomic E-state index is -2.80. The molecule has 9 rings (SSSR count). The Morgan fingerprint density at radius 3 is 1.40 bits per heavy atom. The van der Waals surface area contributed by atoms with Gasteiger partial charge in [-0.1, -0.05) is 164 Å². The van der Waals surface area contributed by atoms with E-state index in [1.165, 1.54) is 42.6 Å². The Labute approximate surface area is 280 Å². The first-order valence-corrected chi connectivity index (χ1v) is 18.3. The summed E-state index contributed by atoms with van der Waals surface area (Å²) < 4.78 is 2.40. The summed E-state index contributed by atoms with van der Waals surface area (Å²) in [7, 11) is -2.80. The lowest BCUT2D eigenvalue weighted by Crippen LogP contribution is -2.66. The van der Waals surface area contributed by atoms with Crippen LogP contribution in [0, 0.1) is 11.5 Å². The topological polar surface area (TPSA) is 17.8 Å². The zero-order chi connectivity index (χ0) is 31.9. The lowest BCUT2D eigenvalue weighted by atomic mass is 9.95. The molecule has 2 nitrogen and oxygen atoms in total. The quantitative estimate of drug-likeness (QED) is 0.0829. The van der Waals surface area contributed by atoms with E-state index in [1.54, 1.807) is 0 Å². The van der Waals surface area contributed by atoms with Gasteiger partial charge in [-0.25, -0.2) is 0 Å². The number of pyridine rings is 1. The molecule has 2 heterocycles. The van der Waals surface area contributed by atoms with Crippen molar-refractivity contribution in [3.63, 3.8) is 0 Å². The average Bonchev–Trinajstić information content (AvgIpc) is 3.50. The standard InChI is InChI=1S/C45H30N2Si/c1-4-16-33(17-5-1)48(34-18-6-2-7-19-34,35-20-8-3-9-21-35)31-29-38-36-22-10-12-25-41(36)45(42-26-13-11-23-37(38)42)47-43-27-15-14-24-39(43)40-28-30-46-32-44(40)47/h1-28,30,32H.